The van der Waals surface area contributed by atoms with Gasteiger partial charge in [0.25, 0.3) is 5.91 Å². The Labute approximate surface area is 206 Å². The molecule has 0 bridgehead atoms. The predicted molar refractivity (Wildman–Crippen MR) is 135 cm³/mol. The molecular weight excluding hydrogens is 468 g/mol. The summed E-state index contributed by atoms with van der Waals surface area (Å²) in [5, 5.41) is 6.18. The summed E-state index contributed by atoms with van der Waals surface area (Å²) in [4.78, 5) is 24.9. The van der Waals surface area contributed by atoms with Gasteiger partial charge in [-0.15, -0.1) is 0 Å². The van der Waals surface area contributed by atoms with E-state index in [9.17, 15) is 9.59 Å². The summed E-state index contributed by atoms with van der Waals surface area (Å²) in [6.45, 7) is -0.268. The summed E-state index contributed by atoms with van der Waals surface area (Å²) in [7, 11) is 1.55. The Morgan fingerprint density at radius 2 is 1.66 bits per heavy atom. The van der Waals surface area contributed by atoms with E-state index < -0.39 is 11.9 Å². The summed E-state index contributed by atoms with van der Waals surface area (Å²) in [6.07, 6.45) is 1.44. The van der Waals surface area contributed by atoms with Crippen molar-refractivity contribution in [2.24, 2.45) is 5.10 Å². The van der Waals surface area contributed by atoms with E-state index in [4.69, 9.17) is 25.8 Å². The van der Waals surface area contributed by atoms with E-state index in [0.29, 0.717) is 33.4 Å². The highest BCUT2D eigenvalue weighted by molar-refractivity contribution is 6.32. The Morgan fingerprint density at radius 3 is 2.43 bits per heavy atom. The summed E-state index contributed by atoms with van der Waals surface area (Å²) < 4.78 is 16.2. The number of methoxy groups -OCH3 is 1. The van der Waals surface area contributed by atoms with Gasteiger partial charge in [-0.1, -0.05) is 54.1 Å². The number of ether oxygens (including phenoxy) is 3. The normalized spacial score (nSPS) is 10.8. The van der Waals surface area contributed by atoms with E-state index in [1.165, 1.54) is 6.21 Å². The molecule has 4 rings (SSSR count). The molecule has 0 aliphatic rings. The topological polar surface area (TPSA) is 86.2 Å². The van der Waals surface area contributed by atoms with Crippen molar-refractivity contribution in [3.05, 3.63) is 101 Å². The largest absolute Gasteiger partial charge is 0.497 e. The zero-order valence-corrected chi connectivity index (χ0v) is 19.5. The molecule has 0 spiro atoms. The number of carbonyl (C=O) groups is 2. The minimum atomic E-state index is -0.533. The van der Waals surface area contributed by atoms with Crippen molar-refractivity contribution in [3.8, 4) is 17.2 Å². The van der Waals surface area contributed by atoms with Crippen LogP contribution in [0.1, 0.15) is 15.9 Å². The second kappa shape index (κ2) is 11.2. The molecule has 4 aromatic carbocycles. The molecule has 7 nitrogen and oxygen atoms in total. The van der Waals surface area contributed by atoms with Gasteiger partial charge in [-0.25, -0.2) is 10.2 Å². The van der Waals surface area contributed by atoms with Crippen LogP contribution in [0.5, 0.6) is 17.2 Å². The molecule has 0 heterocycles. The lowest BCUT2D eigenvalue weighted by molar-refractivity contribution is -0.123. The number of amides is 1. The number of hydrogen-bond donors (Lipinski definition) is 1. The van der Waals surface area contributed by atoms with Crippen molar-refractivity contribution >= 4 is 40.5 Å². The van der Waals surface area contributed by atoms with Crippen molar-refractivity contribution in [1.82, 2.24) is 5.43 Å². The second-order valence-electron chi connectivity index (χ2n) is 7.33. The number of hydrogen-bond acceptors (Lipinski definition) is 6. The van der Waals surface area contributed by atoms with E-state index in [1.807, 2.05) is 30.3 Å². The smallest absolute Gasteiger partial charge is 0.343 e. The van der Waals surface area contributed by atoms with Gasteiger partial charge in [-0.05, 0) is 53.2 Å². The van der Waals surface area contributed by atoms with Crippen molar-refractivity contribution in [2.45, 2.75) is 0 Å². The Balaban J connectivity index is 1.50. The number of benzene rings is 4. The van der Waals surface area contributed by atoms with Gasteiger partial charge in [0.15, 0.2) is 6.61 Å². The first-order valence-corrected chi connectivity index (χ1v) is 11.0. The van der Waals surface area contributed by atoms with Gasteiger partial charge >= 0.3 is 5.97 Å². The maximum absolute atomic E-state index is 12.7. The van der Waals surface area contributed by atoms with Gasteiger partial charge < -0.3 is 14.2 Å². The third-order valence-electron chi connectivity index (χ3n) is 5.04. The highest BCUT2D eigenvalue weighted by Gasteiger charge is 2.14. The zero-order chi connectivity index (χ0) is 24.6. The molecule has 0 radical (unpaired) electrons. The van der Waals surface area contributed by atoms with Gasteiger partial charge in [0, 0.05) is 5.56 Å². The molecular formula is C27H21ClN2O5. The maximum Gasteiger partial charge on any atom is 0.343 e. The number of nitrogens with zero attached hydrogens (tertiary/aromatic N) is 1. The minimum absolute atomic E-state index is 0.268. The highest BCUT2D eigenvalue weighted by atomic mass is 35.5. The maximum atomic E-state index is 12.7. The number of carbonyl (C=O) groups excluding carboxylic acids is 2. The molecule has 0 saturated heterocycles. The SMILES string of the molecule is COc1ccc(C(=O)Oc2ccc3ccccc3c2/C=N\NC(=O)COc2ccccc2Cl)cc1. The summed E-state index contributed by atoms with van der Waals surface area (Å²) in [5.41, 5.74) is 3.33. The van der Waals surface area contributed by atoms with Crippen molar-refractivity contribution < 1.29 is 23.8 Å². The standard InChI is InChI=1S/C27H21ClN2O5/c1-33-20-13-10-19(11-14-20)27(32)35-24-15-12-18-6-2-3-7-21(18)22(24)16-29-30-26(31)17-34-25-9-5-4-8-23(25)28/h2-16H,17H2,1H3,(H,30,31)/b29-16-. The van der Waals surface area contributed by atoms with Gasteiger partial charge in [0.1, 0.15) is 17.2 Å². The number of fused-ring (bicyclic) bond motifs is 1. The first-order chi connectivity index (χ1) is 17.0. The molecule has 0 aromatic heterocycles. The third kappa shape index (κ3) is 5.96. The van der Waals surface area contributed by atoms with Crippen LogP contribution in [-0.2, 0) is 4.79 Å². The Hall–Kier alpha value is -4.36. The molecule has 0 aliphatic heterocycles. The lowest BCUT2D eigenvalue weighted by Crippen LogP contribution is -2.24. The average Bonchev–Trinajstić information content (AvgIpc) is 2.89. The van der Waals surface area contributed by atoms with Crippen molar-refractivity contribution in [1.29, 1.82) is 0 Å². The summed E-state index contributed by atoms with van der Waals surface area (Å²) >= 11 is 6.03. The average molecular weight is 489 g/mol. The van der Waals surface area contributed by atoms with Crippen LogP contribution >= 0.6 is 11.6 Å². The van der Waals surface area contributed by atoms with Crippen LogP contribution in [0, 0.1) is 0 Å². The Morgan fingerprint density at radius 1 is 0.914 bits per heavy atom. The summed E-state index contributed by atoms with van der Waals surface area (Å²) in [6, 6.07) is 24.6. The van der Waals surface area contributed by atoms with Crippen LogP contribution in [-0.4, -0.2) is 31.8 Å². The molecule has 0 atom stereocenters. The lowest BCUT2D eigenvalue weighted by atomic mass is 10.0. The fraction of sp³-hybridized carbons (Fsp3) is 0.0741. The number of rotatable bonds is 8. The van der Waals surface area contributed by atoms with Gasteiger partial charge in [-0.2, -0.15) is 5.10 Å². The van der Waals surface area contributed by atoms with Crippen molar-refractivity contribution in [2.75, 3.05) is 13.7 Å². The molecule has 176 valence electrons. The molecule has 0 aliphatic carbocycles. The van der Waals surface area contributed by atoms with Crippen LogP contribution < -0.4 is 19.6 Å². The molecule has 0 saturated carbocycles. The molecule has 0 fully saturated rings. The fourth-order valence-electron chi connectivity index (χ4n) is 3.29. The first-order valence-electron chi connectivity index (χ1n) is 10.6. The molecule has 0 unspecified atom stereocenters. The number of esters is 1. The van der Waals surface area contributed by atoms with Gasteiger partial charge in [0.05, 0.1) is 23.9 Å². The van der Waals surface area contributed by atoms with E-state index in [-0.39, 0.29) is 6.61 Å². The minimum Gasteiger partial charge on any atom is -0.497 e. The Kier molecular flexibility index (Phi) is 7.60. The number of para-hydroxylation sites is 1. The van der Waals surface area contributed by atoms with Crippen LogP contribution in [0.4, 0.5) is 0 Å². The van der Waals surface area contributed by atoms with Crippen LogP contribution in [0.2, 0.25) is 5.02 Å². The zero-order valence-electron chi connectivity index (χ0n) is 18.7. The number of halogens is 1. The van der Waals surface area contributed by atoms with E-state index in [2.05, 4.69) is 10.5 Å². The van der Waals surface area contributed by atoms with Crippen LogP contribution in [0.25, 0.3) is 10.8 Å². The van der Waals surface area contributed by atoms with E-state index in [1.54, 1.807) is 61.7 Å². The highest BCUT2D eigenvalue weighted by Crippen LogP contribution is 2.28. The van der Waals surface area contributed by atoms with Crippen LogP contribution in [0.15, 0.2) is 90.0 Å². The molecule has 4 aromatic rings. The van der Waals surface area contributed by atoms with E-state index in [0.717, 1.165) is 10.8 Å². The van der Waals surface area contributed by atoms with Gasteiger partial charge in [0.2, 0.25) is 0 Å². The first kappa shape index (κ1) is 23.8. The van der Waals surface area contributed by atoms with Crippen molar-refractivity contribution in [3.63, 3.8) is 0 Å². The second-order valence-corrected chi connectivity index (χ2v) is 7.74. The molecule has 35 heavy (non-hydrogen) atoms. The number of hydrazone groups is 1. The lowest BCUT2D eigenvalue weighted by Gasteiger charge is -2.11. The monoisotopic (exact) mass is 488 g/mol. The molecule has 8 heteroatoms. The fourth-order valence-corrected chi connectivity index (χ4v) is 3.48. The Bertz CT molecular complexity index is 1390. The van der Waals surface area contributed by atoms with E-state index >= 15 is 0 Å². The third-order valence-corrected chi connectivity index (χ3v) is 5.35. The summed E-state index contributed by atoms with van der Waals surface area (Å²) in [5.74, 6) is 0.326. The molecule has 1 amide bonds. The van der Waals surface area contributed by atoms with Crippen LogP contribution in [0.3, 0.4) is 0 Å². The number of nitrogens with one attached hydrogen (secondary N) is 1. The predicted octanol–water partition coefficient (Wildman–Crippen LogP) is 5.25. The molecule has 1 N–H and O–H groups in total. The quantitative estimate of drug-likeness (QED) is 0.158. The van der Waals surface area contributed by atoms with Gasteiger partial charge in [-0.3, -0.25) is 4.79 Å².